The molecule has 6 heteroatoms. The van der Waals surface area contributed by atoms with Crippen molar-refractivity contribution in [2.24, 2.45) is 0 Å². The van der Waals surface area contributed by atoms with Crippen LogP contribution in [-0.4, -0.2) is 41.1 Å². The number of nitrogens with one attached hydrogen (secondary N) is 1. The number of thiophene rings is 1. The summed E-state index contributed by atoms with van der Waals surface area (Å²) < 4.78 is 5.65. The molecule has 1 atom stereocenters. The number of benzene rings is 2. The number of ether oxygens (including phenoxy) is 1. The first-order valence-electron chi connectivity index (χ1n) is 12.2. The minimum Gasteiger partial charge on any atom is -0.494 e. The Morgan fingerprint density at radius 3 is 2.44 bits per heavy atom. The summed E-state index contributed by atoms with van der Waals surface area (Å²) in [4.78, 5) is 14.6. The smallest absolute Gasteiger partial charge is 0.139 e. The van der Waals surface area contributed by atoms with Crippen molar-refractivity contribution in [1.82, 2.24) is 14.9 Å². The van der Waals surface area contributed by atoms with Crippen LogP contribution in [0.5, 0.6) is 5.75 Å². The Morgan fingerprint density at radius 2 is 1.74 bits per heavy atom. The minimum atomic E-state index is 0.322. The molecule has 4 aromatic rings. The summed E-state index contributed by atoms with van der Waals surface area (Å²) >= 11 is 1.74. The molecule has 34 heavy (non-hydrogen) atoms. The van der Waals surface area contributed by atoms with Crippen LogP contribution < -0.4 is 10.1 Å². The van der Waals surface area contributed by atoms with E-state index in [2.05, 4.69) is 59.6 Å². The number of aromatic nitrogens is 2. The van der Waals surface area contributed by atoms with Gasteiger partial charge in [0, 0.05) is 17.0 Å². The fourth-order valence-corrected chi connectivity index (χ4v) is 6.05. The number of anilines is 1. The second kappa shape index (κ2) is 10.1. The van der Waals surface area contributed by atoms with Gasteiger partial charge in [-0.05, 0) is 70.0 Å². The molecule has 0 amide bonds. The Labute approximate surface area is 205 Å². The predicted molar refractivity (Wildman–Crippen MR) is 142 cm³/mol. The molecule has 1 aliphatic heterocycles. The van der Waals surface area contributed by atoms with Gasteiger partial charge in [0.2, 0.25) is 0 Å². The van der Waals surface area contributed by atoms with E-state index in [1.54, 1.807) is 11.3 Å². The van der Waals surface area contributed by atoms with E-state index in [0.717, 1.165) is 47.2 Å². The van der Waals surface area contributed by atoms with Crippen LogP contribution in [0.1, 0.15) is 42.1 Å². The van der Waals surface area contributed by atoms with Gasteiger partial charge in [0.25, 0.3) is 0 Å². The van der Waals surface area contributed by atoms with Crippen LogP contribution in [0.25, 0.3) is 21.3 Å². The van der Waals surface area contributed by atoms with Crippen LogP contribution in [0, 0.1) is 13.8 Å². The van der Waals surface area contributed by atoms with Crippen molar-refractivity contribution in [3.63, 3.8) is 0 Å². The SMILES string of the molecule is CCOc1ccc(-c2c(C)sc3nc(C)nc(NCC(c4ccccc4)N4CCCC4)c23)cc1. The average Bonchev–Trinajstić information content (AvgIpc) is 3.48. The maximum atomic E-state index is 5.65. The van der Waals surface area contributed by atoms with Crippen LogP contribution in [0.3, 0.4) is 0 Å². The molecule has 2 aromatic carbocycles. The van der Waals surface area contributed by atoms with E-state index >= 15 is 0 Å². The number of hydrogen-bond donors (Lipinski definition) is 1. The highest BCUT2D eigenvalue weighted by Gasteiger charge is 2.24. The molecule has 1 N–H and O–H groups in total. The van der Waals surface area contributed by atoms with E-state index < -0.39 is 0 Å². The van der Waals surface area contributed by atoms with Crippen molar-refractivity contribution in [2.45, 2.75) is 39.7 Å². The van der Waals surface area contributed by atoms with Gasteiger partial charge in [-0.3, -0.25) is 4.90 Å². The van der Waals surface area contributed by atoms with E-state index in [1.165, 1.54) is 34.4 Å². The number of aryl methyl sites for hydroxylation is 2. The molecule has 0 radical (unpaired) electrons. The highest BCUT2D eigenvalue weighted by atomic mass is 32.1. The molecule has 0 bridgehead atoms. The van der Waals surface area contributed by atoms with Gasteiger partial charge in [-0.25, -0.2) is 9.97 Å². The third-order valence-electron chi connectivity index (χ3n) is 6.52. The summed E-state index contributed by atoms with van der Waals surface area (Å²) in [5.74, 6) is 2.62. The topological polar surface area (TPSA) is 50.3 Å². The van der Waals surface area contributed by atoms with E-state index in [-0.39, 0.29) is 0 Å². The molecular weight excluding hydrogens is 440 g/mol. The van der Waals surface area contributed by atoms with Crippen molar-refractivity contribution in [3.8, 4) is 16.9 Å². The first-order valence-corrected chi connectivity index (χ1v) is 13.0. The van der Waals surface area contributed by atoms with Gasteiger partial charge >= 0.3 is 0 Å². The standard InChI is InChI=1S/C28H32N4OS/c1-4-33-23-14-12-22(13-15-23)25-19(2)34-28-26(25)27(30-20(3)31-28)29-18-24(32-16-8-9-17-32)21-10-6-5-7-11-21/h5-7,10-15,24H,4,8-9,16-18H2,1-3H3,(H,29,30,31). The van der Waals surface area contributed by atoms with Gasteiger partial charge in [-0.15, -0.1) is 11.3 Å². The van der Waals surface area contributed by atoms with Crippen LogP contribution >= 0.6 is 11.3 Å². The summed E-state index contributed by atoms with van der Waals surface area (Å²) in [6.07, 6.45) is 2.54. The molecule has 1 aliphatic rings. The fraction of sp³-hybridized carbons (Fsp3) is 0.357. The van der Waals surface area contributed by atoms with Gasteiger partial charge in [0.15, 0.2) is 0 Å². The summed E-state index contributed by atoms with van der Waals surface area (Å²) in [6, 6.07) is 19.5. The van der Waals surface area contributed by atoms with E-state index in [9.17, 15) is 0 Å². The molecule has 2 aromatic heterocycles. The summed E-state index contributed by atoms with van der Waals surface area (Å²) in [5, 5.41) is 4.86. The zero-order valence-electron chi connectivity index (χ0n) is 20.2. The van der Waals surface area contributed by atoms with Gasteiger partial charge in [-0.2, -0.15) is 0 Å². The van der Waals surface area contributed by atoms with Crippen molar-refractivity contribution in [2.75, 3.05) is 31.6 Å². The van der Waals surface area contributed by atoms with Gasteiger partial charge in [0.1, 0.15) is 22.2 Å². The quantitative estimate of drug-likeness (QED) is 0.312. The summed E-state index contributed by atoms with van der Waals surface area (Å²) in [6.45, 7) is 9.93. The third kappa shape index (κ3) is 4.65. The van der Waals surface area contributed by atoms with Gasteiger partial charge in [-0.1, -0.05) is 42.5 Å². The lowest BCUT2D eigenvalue weighted by Gasteiger charge is -2.28. The maximum absolute atomic E-state index is 5.65. The van der Waals surface area contributed by atoms with Crippen molar-refractivity contribution < 1.29 is 4.74 Å². The Kier molecular flexibility index (Phi) is 6.79. The first kappa shape index (κ1) is 22.8. The lowest BCUT2D eigenvalue weighted by molar-refractivity contribution is 0.256. The van der Waals surface area contributed by atoms with Crippen LogP contribution in [0.4, 0.5) is 5.82 Å². The fourth-order valence-electron chi connectivity index (χ4n) is 4.96. The molecule has 5 nitrogen and oxygen atoms in total. The second-order valence-electron chi connectivity index (χ2n) is 8.84. The molecule has 1 unspecified atom stereocenters. The van der Waals surface area contributed by atoms with E-state index in [4.69, 9.17) is 14.7 Å². The first-order chi connectivity index (χ1) is 16.6. The van der Waals surface area contributed by atoms with Gasteiger partial charge < -0.3 is 10.1 Å². The Balaban J connectivity index is 1.51. The lowest BCUT2D eigenvalue weighted by atomic mass is 10.0. The third-order valence-corrected chi connectivity index (χ3v) is 7.52. The number of likely N-dealkylation sites (tertiary alicyclic amines) is 1. The normalized spacial score (nSPS) is 15.0. The molecule has 3 heterocycles. The highest BCUT2D eigenvalue weighted by Crippen LogP contribution is 2.41. The van der Waals surface area contributed by atoms with Crippen molar-refractivity contribution in [3.05, 3.63) is 70.9 Å². The van der Waals surface area contributed by atoms with Crippen LogP contribution in [0.2, 0.25) is 0 Å². The minimum absolute atomic E-state index is 0.322. The number of hydrogen-bond acceptors (Lipinski definition) is 6. The van der Waals surface area contributed by atoms with Crippen molar-refractivity contribution >= 4 is 27.4 Å². The number of rotatable bonds is 8. The van der Waals surface area contributed by atoms with Crippen LogP contribution in [-0.2, 0) is 0 Å². The Morgan fingerprint density at radius 1 is 1.00 bits per heavy atom. The average molecular weight is 473 g/mol. The number of fused-ring (bicyclic) bond motifs is 1. The van der Waals surface area contributed by atoms with Gasteiger partial charge in [0.05, 0.1) is 18.0 Å². The summed E-state index contributed by atoms with van der Waals surface area (Å²) in [7, 11) is 0. The largest absolute Gasteiger partial charge is 0.494 e. The highest BCUT2D eigenvalue weighted by molar-refractivity contribution is 7.19. The molecular formula is C28H32N4OS. The second-order valence-corrected chi connectivity index (χ2v) is 10.0. The predicted octanol–water partition coefficient (Wildman–Crippen LogP) is 6.62. The van der Waals surface area contributed by atoms with E-state index in [1.807, 2.05) is 26.0 Å². The Bertz CT molecular complexity index is 1250. The molecule has 1 saturated heterocycles. The Hall–Kier alpha value is -2.96. The zero-order chi connectivity index (χ0) is 23.5. The molecule has 0 spiro atoms. The molecule has 5 rings (SSSR count). The lowest BCUT2D eigenvalue weighted by Crippen LogP contribution is -2.31. The zero-order valence-corrected chi connectivity index (χ0v) is 21.0. The molecule has 176 valence electrons. The van der Waals surface area contributed by atoms with E-state index in [0.29, 0.717) is 12.6 Å². The molecule has 0 aliphatic carbocycles. The summed E-state index contributed by atoms with van der Waals surface area (Å²) in [5.41, 5.74) is 3.73. The van der Waals surface area contributed by atoms with Crippen molar-refractivity contribution in [1.29, 1.82) is 0 Å². The number of nitrogens with zero attached hydrogens (tertiary/aromatic N) is 3. The van der Waals surface area contributed by atoms with Crippen LogP contribution in [0.15, 0.2) is 54.6 Å². The maximum Gasteiger partial charge on any atom is 0.139 e. The molecule has 0 saturated carbocycles. The monoisotopic (exact) mass is 472 g/mol. The molecule has 1 fully saturated rings.